The van der Waals surface area contributed by atoms with Gasteiger partial charge in [-0.1, -0.05) is 6.92 Å². The number of nitrogens with zero attached hydrogens (tertiary/aromatic N) is 2. The minimum Gasteiger partial charge on any atom is -0.329 e. The molecule has 1 aliphatic carbocycles. The number of piperazine rings is 1. The van der Waals surface area contributed by atoms with Gasteiger partial charge in [-0.05, 0) is 45.6 Å². The standard InChI is InChI=1S/C14H29N3/c1-12-4-6-14(11-15,7-5-12)17-9-8-16(3)10-13(17)2/h12-13H,4-11,15H2,1-3H3. The fourth-order valence-electron chi connectivity index (χ4n) is 3.75. The van der Waals surface area contributed by atoms with Gasteiger partial charge >= 0.3 is 0 Å². The van der Waals surface area contributed by atoms with Crippen molar-refractivity contribution in [2.45, 2.75) is 51.1 Å². The van der Waals surface area contributed by atoms with Crippen LogP contribution < -0.4 is 5.73 Å². The van der Waals surface area contributed by atoms with E-state index >= 15 is 0 Å². The third-order valence-corrected chi connectivity index (χ3v) is 5.02. The van der Waals surface area contributed by atoms with Crippen LogP contribution in [0.15, 0.2) is 0 Å². The maximum Gasteiger partial charge on any atom is 0.0335 e. The summed E-state index contributed by atoms with van der Waals surface area (Å²) in [6.45, 7) is 9.18. The summed E-state index contributed by atoms with van der Waals surface area (Å²) in [7, 11) is 2.23. The topological polar surface area (TPSA) is 32.5 Å². The highest BCUT2D eigenvalue weighted by Crippen LogP contribution is 2.37. The van der Waals surface area contributed by atoms with Gasteiger partial charge in [0.15, 0.2) is 0 Å². The highest BCUT2D eigenvalue weighted by atomic mass is 15.3. The Hall–Kier alpha value is -0.120. The number of rotatable bonds is 2. The Labute approximate surface area is 106 Å². The molecule has 2 aliphatic rings. The molecule has 1 aliphatic heterocycles. The highest BCUT2D eigenvalue weighted by molar-refractivity contribution is 4.99. The number of nitrogens with two attached hydrogens (primary N) is 1. The first-order valence-electron chi connectivity index (χ1n) is 7.23. The zero-order valence-electron chi connectivity index (χ0n) is 11.8. The van der Waals surface area contributed by atoms with Crippen molar-refractivity contribution in [2.24, 2.45) is 11.7 Å². The fourth-order valence-corrected chi connectivity index (χ4v) is 3.75. The summed E-state index contributed by atoms with van der Waals surface area (Å²) >= 11 is 0. The Kier molecular flexibility index (Phi) is 4.11. The minimum absolute atomic E-state index is 0.313. The van der Waals surface area contributed by atoms with Crippen molar-refractivity contribution in [2.75, 3.05) is 33.2 Å². The van der Waals surface area contributed by atoms with Gasteiger partial charge in [0.05, 0.1) is 0 Å². The van der Waals surface area contributed by atoms with E-state index in [1.807, 2.05) is 0 Å². The lowest BCUT2D eigenvalue weighted by molar-refractivity contribution is -0.0236. The number of hydrogen-bond donors (Lipinski definition) is 1. The lowest BCUT2D eigenvalue weighted by atomic mass is 9.75. The van der Waals surface area contributed by atoms with Gasteiger partial charge in [-0.25, -0.2) is 0 Å². The van der Waals surface area contributed by atoms with Crippen LogP contribution in [-0.4, -0.2) is 54.6 Å². The summed E-state index contributed by atoms with van der Waals surface area (Å²) in [6, 6.07) is 0.658. The van der Waals surface area contributed by atoms with Gasteiger partial charge in [-0.3, -0.25) is 4.90 Å². The molecule has 1 saturated carbocycles. The molecule has 100 valence electrons. The average molecular weight is 239 g/mol. The second kappa shape index (κ2) is 5.25. The van der Waals surface area contributed by atoms with E-state index in [2.05, 4.69) is 30.7 Å². The van der Waals surface area contributed by atoms with Crippen molar-refractivity contribution in [3.63, 3.8) is 0 Å². The van der Waals surface area contributed by atoms with Crippen LogP contribution in [0.4, 0.5) is 0 Å². The quantitative estimate of drug-likeness (QED) is 0.793. The van der Waals surface area contributed by atoms with Crippen LogP contribution in [0.1, 0.15) is 39.5 Å². The molecule has 0 bridgehead atoms. The molecule has 1 heterocycles. The first-order chi connectivity index (χ1) is 8.07. The van der Waals surface area contributed by atoms with E-state index in [1.165, 1.54) is 45.3 Å². The first kappa shape index (κ1) is 13.3. The second-order valence-electron chi connectivity index (χ2n) is 6.42. The van der Waals surface area contributed by atoms with E-state index in [9.17, 15) is 0 Å². The third kappa shape index (κ3) is 2.67. The van der Waals surface area contributed by atoms with Gasteiger partial charge in [0.2, 0.25) is 0 Å². The van der Waals surface area contributed by atoms with Gasteiger partial charge in [-0.2, -0.15) is 0 Å². The maximum absolute atomic E-state index is 6.16. The van der Waals surface area contributed by atoms with Crippen molar-refractivity contribution in [1.29, 1.82) is 0 Å². The molecule has 1 atom stereocenters. The van der Waals surface area contributed by atoms with Gasteiger partial charge in [-0.15, -0.1) is 0 Å². The molecule has 2 rings (SSSR count). The molecule has 3 heteroatoms. The van der Waals surface area contributed by atoms with Crippen molar-refractivity contribution in [1.82, 2.24) is 9.80 Å². The van der Waals surface area contributed by atoms with Crippen molar-refractivity contribution in [3.8, 4) is 0 Å². The highest BCUT2D eigenvalue weighted by Gasteiger charge is 2.41. The Morgan fingerprint density at radius 1 is 1.18 bits per heavy atom. The van der Waals surface area contributed by atoms with Crippen LogP contribution in [0.2, 0.25) is 0 Å². The normalized spacial score (nSPS) is 41.6. The summed E-state index contributed by atoms with van der Waals surface area (Å²) in [6.07, 6.45) is 5.32. The van der Waals surface area contributed by atoms with E-state index in [1.54, 1.807) is 0 Å². The molecule has 0 aromatic carbocycles. The Balaban J connectivity index is 2.07. The molecule has 0 aromatic rings. The smallest absolute Gasteiger partial charge is 0.0335 e. The predicted octanol–water partition coefficient (Wildman–Crippen LogP) is 1.53. The zero-order valence-corrected chi connectivity index (χ0v) is 11.8. The van der Waals surface area contributed by atoms with E-state index in [-0.39, 0.29) is 0 Å². The molecule has 0 spiro atoms. The third-order valence-electron chi connectivity index (χ3n) is 5.02. The van der Waals surface area contributed by atoms with Crippen LogP contribution in [0.5, 0.6) is 0 Å². The van der Waals surface area contributed by atoms with Crippen LogP contribution in [0, 0.1) is 5.92 Å². The average Bonchev–Trinajstić information content (AvgIpc) is 2.31. The van der Waals surface area contributed by atoms with Crippen LogP contribution in [-0.2, 0) is 0 Å². The monoisotopic (exact) mass is 239 g/mol. The largest absolute Gasteiger partial charge is 0.329 e. The zero-order chi connectivity index (χ0) is 12.5. The van der Waals surface area contributed by atoms with Gasteiger partial charge in [0, 0.05) is 37.8 Å². The van der Waals surface area contributed by atoms with E-state index < -0.39 is 0 Å². The molecule has 17 heavy (non-hydrogen) atoms. The molecule has 2 fully saturated rings. The van der Waals surface area contributed by atoms with Gasteiger partial charge in [0.1, 0.15) is 0 Å². The molecular weight excluding hydrogens is 210 g/mol. The molecule has 0 amide bonds. The van der Waals surface area contributed by atoms with Crippen LogP contribution in [0.3, 0.4) is 0 Å². The minimum atomic E-state index is 0.313. The SMILES string of the molecule is CC1CCC(CN)(N2CCN(C)CC2C)CC1. The number of hydrogen-bond acceptors (Lipinski definition) is 3. The molecule has 1 saturated heterocycles. The van der Waals surface area contributed by atoms with E-state index in [0.29, 0.717) is 11.6 Å². The molecule has 0 radical (unpaired) electrons. The van der Waals surface area contributed by atoms with Gasteiger partial charge < -0.3 is 10.6 Å². The van der Waals surface area contributed by atoms with Crippen molar-refractivity contribution >= 4 is 0 Å². The molecule has 2 N–H and O–H groups in total. The first-order valence-corrected chi connectivity index (χ1v) is 7.23. The predicted molar refractivity (Wildman–Crippen MR) is 73.1 cm³/mol. The summed E-state index contributed by atoms with van der Waals surface area (Å²) in [4.78, 5) is 5.16. The molecule has 1 unspecified atom stereocenters. The fraction of sp³-hybridized carbons (Fsp3) is 1.00. The Bertz CT molecular complexity index is 246. The van der Waals surface area contributed by atoms with E-state index in [4.69, 9.17) is 5.73 Å². The second-order valence-corrected chi connectivity index (χ2v) is 6.42. The molecule has 0 aromatic heterocycles. The lowest BCUT2D eigenvalue weighted by Gasteiger charge is -2.53. The maximum atomic E-state index is 6.16. The summed E-state index contributed by atoms with van der Waals surface area (Å²) < 4.78 is 0. The Morgan fingerprint density at radius 2 is 1.82 bits per heavy atom. The van der Waals surface area contributed by atoms with Gasteiger partial charge in [0.25, 0.3) is 0 Å². The Morgan fingerprint density at radius 3 is 2.35 bits per heavy atom. The summed E-state index contributed by atoms with van der Waals surface area (Å²) in [5, 5.41) is 0. The van der Waals surface area contributed by atoms with E-state index in [0.717, 1.165) is 12.5 Å². The summed E-state index contributed by atoms with van der Waals surface area (Å²) in [5.41, 5.74) is 6.47. The van der Waals surface area contributed by atoms with Crippen molar-refractivity contribution in [3.05, 3.63) is 0 Å². The van der Waals surface area contributed by atoms with Crippen molar-refractivity contribution < 1.29 is 0 Å². The van der Waals surface area contributed by atoms with Crippen LogP contribution >= 0.6 is 0 Å². The molecule has 3 nitrogen and oxygen atoms in total. The summed E-state index contributed by atoms with van der Waals surface area (Å²) in [5.74, 6) is 0.900. The molecular formula is C14H29N3. The van der Waals surface area contributed by atoms with Crippen LogP contribution in [0.25, 0.3) is 0 Å². The lowest BCUT2D eigenvalue weighted by Crippen LogP contribution is -2.64. The number of likely N-dealkylation sites (N-methyl/N-ethyl adjacent to an activating group) is 1.